The molecule has 2 aromatic heterocycles. The van der Waals surface area contributed by atoms with E-state index in [2.05, 4.69) is 32.2 Å². The van der Waals surface area contributed by atoms with Gasteiger partial charge in [-0.05, 0) is 6.42 Å². The fourth-order valence-corrected chi connectivity index (χ4v) is 2.34. The fourth-order valence-electron chi connectivity index (χ4n) is 1.45. The van der Waals surface area contributed by atoms with E-state index < -0.39 is 0 Å². The van der Waals surface area contributed by atoms with Crippen molar-refractivity contribution >= 4 is 28.9 Å². The number of nitrogens with zero attached hydrogens (tertiary/aromatic N) is 3. The molecule has 0 aliphatic rings. The summed E-state index contributed by atoms with van der Waals surface area (Å²) >= 11 is 1.64. The molecule has 0 radical (unpaired) electrons. The molecule has 0 amide bonds. The highest BCUT2D eigenvalue weighted by Crippen LogP contribution is 2.23. The van der Waals surface area contributed by atoms with Crippen LogP contribution in [0.1, 0.15) is 13.3 Å². The molecule has 98 valence electrons. The number of hydrogen-bond donors (Lipinski definition) is 2. The van der Waals surface area contributed by atoms with Crippen molar-refractivity contribution in [2.45, 2.75) is 18.4 Å². The molecule has 0 aromatic carbocycles. The lowest BCUT2D eigenvalue weighted by molar-refractivity contribution is 0.218. The maximum Gasteiger partial charge on any atom is 0.225 e. The van der Waals surface area contributed by atoms with Gasteiger partial charge in [0.25, 0.3) is 0 Å². The summed E-state index contributed by atoms with van der Waals surface area (Å²) in [5.41, 5.74) is 1.58. The van der Waals surface area contributed by atoms with Crippen LogP contribution in [0.25, 0.3) is 11.2 Å². The van der Waals surface area contributed by atoms with E-state index in [4.69, 9.17) is 4.74 Å². The van der Waals surface area contributed by atoms with Crippen LogP contribution in [-0.4, -0.2) is 46.0 Å². The SMILES string of the molecule is CCCNc1nc(SCCOC)c2[nH]cnc2n1. The maximum atomic E-state index is 5.05. The van der Waals surface area contributed by atoms with Crippen molar-refractivity contribution < 1.29 is 4.74 Å². The van der Waals surface area contributed by atoms with Crippen LogP contribution in [-0.2, 0) is 4.74 Å². The van der Waals surface area contributed by atoms with Crippen LogP contribution in [0.2, 0.25) is 0 Å². The monoisotopic (exact) mass is 267 g/mol. The van der Waals surface area contributed by atoms with E-state index in [-0.39, 0.29) is 0 Å². The average Bonchev–Trinajstić information content (AvgIpc) is 2.85. The van der Waals surface area contributed by atoms with Crippen LogP contribution in [0, 0.1) is 0 Å². The van der Waals surface area contributed by atoms with Gasteiger partial charge in [-0.1, -0.05) is 6.92 Å². The molecular formula is C11H17N5OS. The third-order valence-electron chi connectivity index (χ3n) is 2.31. The molecule has 2 rings (SSSR count). The Bertz CT molecular complexity index is 501. The highest BCUT2D eigenvalue weighted by atomic mass is 32.2. The summed E-state index contributed by atoms with van der Waals surface area (Å²) in [5, 5.41) is 4.10. The topological polar surface area (TPSA) is 75.7 Å². The second-order valence-corrected chi connectivity index (χ2v) is 4.81. The van der Waals surface area contributed by atoms with Crippen molar-refractivity contribution in [3.8, 4) is 0 Å². The van der Waals surface area contributed by atoms with Crippen molar-refractivity contribution in [3.63, 3.8) is 0 Å². The molecule has 7 heteroatoms. The van der Waals surface area contributed by atoms with Gasteiger partial charge < -0.3 is 15.0 Å². The van der Waals surface area contributed by atoms with Gasteiger partial charge in [0.1, 0.15) is 10.5 Å². The molecule has 0 unspecified atom stereocenters. The largest absolute Gasteiger partial charge is 0.384 e. The zero-order valence-corrected chi connectivity index (χ0v) is 11.4. The van der Waals surface area contributed by atoms with E-state index in [1.54, 1.807) is 25.2 Å². The van der Waals surface area contributed by atoms with Crippen LogP contribution in [0.5, 0.6) is 0 Å². The number of aromatic nitrogens is 4. The Kier molecular flexibility index (Phi) is 4.77. The van der Waals surface area contributed by atoms with Gasteiger partial charge in [0.15, 0.2) is 5.65 Å². The summed E-state index contributed by atoms with van der Waals surface area (Å²) in [6.07, 6.45) is 2.68. The average molecular weight is 267 g/mol. The van der Waals surface area contributed by atoms with Crippen LogP contribution in [0.3, 0.4) is 0 Å². The molecule has 2 aromatic rings. The van der Waals surface area contributed by atoms with Crippen molar-refractivity contribution in [2.24, 2.45) is 0 Å². The lowest BCUT2D eigenvalue weighted by atomic mass is 10.5. The van der Waals surface area contributed by atoms with Crippen LogP contribution >= 0.6 is 11.8 Å². The van der Waals surface area contributed by atoms with E-state index in [1.807, 2.05) is 0 Å². The van der Waals surface area contributed by atoms with Gasteiger partial charge in [-0.3, -0.25) is 0 Å². The predicted octanol–water partition coefficient (Wildman–Crippen LogP) is 1.91. The first-order valence-corrected chi connectivity index (χ1v) is 6.90. The molecule has 0 saturated carbocycles. The molecule has 2 N–H and O–H groups in total. The lowest BCUT2D eigenvalue weighted by Crippen LogP contribution is -2.05. The Morgan fingerprint density at radius 2 is 2.33 bits per heavy atom. The van der Waals surface area contributed by atoms with E-state index >= 15 is 0 Å². The minimum atomic E-state index is 0.636. The number of thioether (sulfide) groups is 1. The number of imidazole rings is 1. The van der Waals surface area contributed by atoms with E-state index in [9.17, 15) is 0 Å². The number of nitrogens with one attached hydrogen (secondary N) is 2. The molecule has 0 spiro atoms. The maximum absolute atomic E-state index is 5.05. The van der Waals surface area contributed by atoms with E-state index in [0.717, 1.165) is 29.3 Å². The Morgan fingerprint density at radius 3 is 3.11 bits per heavy atom. The molecule has 0 aliphatic heterocycles. The molecule has 0 fully saturated rings. The van der Waals surface area contributed by atoms with Crippen molar-refractivity contribution in [1.29, 1.82) is 0 Å². The molecule has 2 heterocycles. The first kappa shape index (κ1) is 13.1. The second-order valence-electron chi connectivity index (χ2n) is 3.72. The number of aromatic amines is 1. The summed E-state index contributed by atoms with van der Waals surface area (Å²) < 4.78 is 5.05. The first-order chi connectivity index (χ1) is 8.85. The second kappa shape index (κ2) is 6.55. The molecule has 6 nitrogen and oxygen atoms in total. The number of rotatable bonds is 7. The number of ether oxygens (including phenoxy) is 1. The van der Waals surface area contributed by atoms with Gasteiger partial charge in [0.05, 0.1) is 12.9 Å². The van der Waals surface area contributed by atoms with Gasteiger partial charge in [0, 0.05) is 19.4 Å². The van der Waals surface area contributed by atoms with Crippen molar-refractivity contribution in [3.05, 3.63) is 6.33 Å². The Balaban J connectivity index is 2.21. The smallest absolute Gasteiger partial charge is 0.225 e. The summed E-state index contributed by atoms with van der Waals surface area (Å²) in [4.78, 5) is 16.1. The third-order valence-corrected chi connectivity index (χ3v) is 3.25. The van der Waals surface area contributed by atoms with Gasteiger partial charge in [-0.2, -0.15) is 4.98 Å². The van der Waals surface area contributed by atoms with E-state index in [1.165, 1.54) is 0 Å². The Labute approximate surface area is 110 Å². The van der Waals surface area contributed by atoms with Crippen molar-refractivity contribution in [1.82, 2.24) is 19.9 Å². The van der Waals surface area contributed by atoms with Gasteiger partial charge in [-0.25, -0.2) is 9.97 Å². The number of H-pyrrole nitrogens is 1. The number of methoxy groups -OCH3 is 1. The fraction of sp³-hybridized carbons (Fsp3) is 0.545. The molecule has 0 saturated heterocycles. The number of fused-ring (bicyclic) bond motifs is 1. The van der Waals surface area contributed by atoms with Crippen LogP contribution in [0.4, 0.5) is 5.95 Å². The molecule has 18 heavy (non-hydrogen) atoms. The van der Waals surface area contributed by atoms with Gasteiger partial charge in [0.2, 0.25) is 5.95 Å². The molecule has 0 bridgehead atoms. The number of anilines is 1. The van der Waals surface area contributed by atoms with E-state index in [0.29, 0.717) is 18.2 Å². The molecule has 0 atom stereocenters. The van der Waals surface area contributed by atoms with Crippen molar-refractivity contribution in [2.75, 3.05) is 31.3 Å². The first-order valence-electron chi connectivity index (χ1n) is 5.92. The predicted molar refractivity (Wildman–Crippen MR) is 73.1 cm³/mol. The molecule has 0 aliphatic carbocycles. The highest BCUT2D eigenvalue weighted by Gasteiger charge is 2.09. The van der Waals surface area contributed by atoms with Gasteiger partial charge >= 0.3 is 0 Å². The van der Waals surface area contributed by atoms with Crippen LogP contribution in [0.15, 0.2) is 11.4 Å². The minimum absolute atomic E-state index is 0.636. The zero-order valence-electron chi connectivity index (χ0n) is 10.6. The summed E-state index contributed by atoms with van der Waals surface area (Å²) in [6, 6.07) is 0. The van der Waals surface area contributed by atoms with Gasteiger partial charge in [-0.15, -0.1) is 11.8 Å². The summed E-state index contributed by atoms with van der Waals surface area (Å²) in [5.74, 6) is 1.49. The standard InChI is InChI=1S/C11H17N5OS/c1-3-4-12-11-15-9-8(13-7-14-9)10(16-11)18-6-5-17-2/h7H,3-6H2,1-2H3,(H2,12,13,14,15,16). The third kappa shape index (κ3) is 3.11. The minimum Gasteiger partial charge on any atom is -0.384 e. The Morgan fingerprint density at radius 1 is 1.44 bits per heavy atom. The van der Waals surface area contributed by atoms with Crippen LogP contribution < -0.4 is 5.32 Å². The Hall–Kier alpha value is -1.34. The highest BCUT2D eigenvalue weighted by molar-refractivity contribution is 7.99. The zero-order chi connectivity index (χ0) is 12.8. The normalized spacial score (nSPS) is 11.0. The quantitative estimate of drug-likeness (QED) is 0.453. The lowest BCUT2D eigenvalue weighted by Gasteiger charge is -2.06. The molecular weight excluding hydrogens is 250 g/mol. The summed E-state index contributed by atoms with van der Waals surface area (Å²) in [6.45, 7) is 3.66. The summed E-state index contributed by atoms with van der Waals surface area (Å²) in [7, 11) is 1.69. The number of hydrogen-bond acceptors (Lipinski definition) is 6.